The zero-order valence-corrected chi connectivity index (χ0v) is 11.9. The lowest BCUT2D eigenvalue weighted by atomic mass is 10.1. The third-order valence-electron chi connectivity index (χ3n) is 3.47. The summed E-state index contributed by atoms with van der Waals surface area (Å²) in [5, 5.41) is 3.24. The molecule has 0 saturated carbocycles. The summed E-state index contributed by atoms with van der Waals surface area (Å²) >= 11 is 0. The van der Waals surface area contributed by atoms with Crippen molar-refractivity contribution in [2.24, 2.45) is 0 Å². The topological polar surface area (TPSA) is 39.7 Å². The summed E-state index contributed by atoms with van der Waals surface area (Å²) in [5.74, 6) is 1.60. The molecule has 4 nitrogen and oxygen atoms in total. The van der Waals surface area contributed by atoms with Crippen molar-refractivity contribution >= 4 is 5.69 Å². The van der Waals surface area contributed by atoms with Crippen LogP contribution < -0.4 is 19.5 Å². The zero-order chi connectivity index (χ0) is 14.8. The molecule has 1 aliphatic rings. The van der Waals surface area contributed by atoms with Crippen molar-refractivity contribution in [3.63, 3.8) is 0 Å². The number of methoxy groups -OCH3 is 2. The van der Waals surface area contributed by atoms with Crippen LogP contribution in [0.15, 0.2) is 36.4 Å². The highest BCUT2D eigenvalue weighted by Crippen LogP contribution is 2.38. The van der Waals surface area contributed by atoms with Gasteiger partial charge in [0.2, 0.25) is 0 Å². The second-order valence-corrected chi connectivity index (χ2v) is 4.74. The molecule has 3 rings (SSSR count). The molecule has 0 amide bonds. The van der Waals surface area contributed by atoms with Crippen LogP contribution in [0.3, 0.4) is 0 Å². The van der Waals surface area contributed by atoms with E-state index < -0.39 is 0 Å². The predicted octanol–water partition coefficient (Wildman–Crippen LogP) is 3.39. The fraction of sp³-hybridized carbons (Fsp3) is 0.250. The highest BCUT2D eigenvalue weighted by molar-refractivity contribution is 5.59. The summed E-state index contributed by atoms with van der Waals surface area (Å²) in [7, 11) is 3.21. The van der Waals surface area contributed by atoms with Gasteiger partial charge in [-0.25, -0.2) is 4.39 Å². The monoisotopic (exact) mass is 289 g/mol. The van der Waals surface area contributed by atoms with Gasteiger partial charge in [0.1, 0.15) is 29.2 Å². The first-order valence-corrected chi connectivity index (χ1v) is 6.63. The summed E-state index contributed by atoms with van der Waals surface area (Å²) in [6.07, 6.45) is -0.274. The number of nitrogens with one attached hydrogen (secondary N) is 1. The highest BCUT2D eigenvalue weighted by Gasteiger charge is 2.24. The zero-order valence-electron chi connectivity index (χ0n) is 11.9. The Kier molecular flexibility index (Phi) is 3.56. The highest BCUT2D eigenvalue weighted by atomic mass is 19.1. The molecule has 1 heterocycles. The Bertz CT molecular complexity index is 660. The van der Waals surface area contributed by atoms with Gasteiger partial charge in [-0.1, -0.05) is 0 Å². The molecule has 0 bridgehead atoms. The average molecular weight is 289 g/mol. The number of rotatable bonds is 3. The quantitative estimate of drug-likeness (QED) is 0.940. The van der Waals surface area contributed by atoms with Gasteiger partial charge in [0.15, 0.2) is 0 Å². The number of fused-ring (bicyclic) bond motifs is 1. The van der Waals surface area contributed by atoms with Crippen LogP contribution in [0.4, 0.5) is 10.1 Å². The van der Waals surface area contributed by atoms with Crippen LogP contribution in [0.5, 0.6) is 17.2 Å². The normalized spacial score (nSPS) is 16.4. The van der Waals surface area contributed by atoms with Gasteiger partial charge < -0.3 is 19.5 Å². The van der Waals surface area contributed by atoms with Crippen LogP contribution in [0.1, 0.15) is 11.7 Å². The Morgan fingerprint density at radius 2 is 2.00 bits per heavy atom. The maximum absolute atomic E-state index is 13.3. The van der Waals surface area contributed by atoms with Crippen molar-refractivity contribution in [2.75, 3.05) is 26.1 Å². The SMILES string of the molecule is COc1ccc(OC)c(C2CNc3ccc(F)cc3O2)c1. The van der Waals surface area contributed by atoms with Crippen LogP contribution in [-0.4, -0.2) is 20.8 Å². The molecule has 0 saturated heterocycles. The molecule has 1 atom stereocenters. The van der Waals surface area contributed by atoms with E-state index in [0.29, 0.717) is 18.0 Å². The van der Waals surface area contributed by atoms with Crippen LogP contribution in [0.2, 0.25) is 0 Å². The minimum absolute atomic E-state index is 0.274. The second-order valence-electron chi connectivity index (χ2n) is 4.74. The Labute approximate surface area is 122 Å². The first-order chi connectivity index (χ1) is 10.2. The van der Waals surface area contributed by atoms with E-state index >= 15 is 0 Å². The van der Waals surface area contributed by atoms with Gasteiger partial charge in [0.25, 0.3) is 0 Å². The average Bonchev–Trinajstić information content (AvgIpc) is 2.53. The molecule has 2 aromatic carbocycles. The van der Waals surface area contributed by atoms with E-state index in [-0.39, 0.29) is 11.9 Å². The van der Waals surface area contributed by atoms with Crippen molar-refractivity contribution in [2.45, 2.75) is 6.10 Å². The van der Waals surface area contributed by atoms with E-state index in [1.807, 2.05) is 18.2 Å². The van der Waals surface area contributed by atoms with Gasteiger partial charge >= 0.3 is 0 Å². The number of hydrogen-bond acceptors (Lipinski definition) is 4. The molecular weight excluding hydrogens is 273 g/mol. The Morgan fingerprint density at radius 3 is 2.76 bits per heavy atom. The number of anilines is 1. The maximum Gasteiger partial charge on any atom is 0.146 e. The number of hydrogen-bond donors (Lipinski definition) is 1. The van der Waals surface area contributed by atoms with Crippen molar-refractivity contribution in [3.8, 4) is 17.2 Å². The lowest BCUT2D eigenvalue weighted by Crippen LogP contribution is -2.24. The fourth-order valence-electron chi connectivity index (χ4n) is 2.40. The minimum atomic E-state index is -0.325. The maximum atomic E-state index is 13.3. The molecular formula is C16H16FNO3. The summed E-state index contributed by atoms with van der Waals surface area (Å²) in [6.45, 7) is 0.572. The van der Waals surface area contributed by atoms with Crippen LogP contribution >= 0.6 is 0 Å². The van der Waals surface area contributed by atoms with Gasteiger partial charge in [0, 0.05) is 11.6 Å². The summed E-state index contributed by atoms with van der Waals surface area (Å²) in [6, 6.07) is 9.98. The summed E-state index contributed by atoms with van der Waals surface area (Å²) < 4.78 is 29.9. The lowest BCUT2D eigenvalue weighted by Gasteiger charge is -2.28. The summed E-state index contributed by atoms with van der Waals surface area (Å²) in [5.41, 5.74) is 1.65. The molecule has 0 aromatic heterocycles. The van der Waals surface area contributed by atoms with E-state index in [1.54, 1.807) is 20.3 Å². The van der Waals surface area contributed by atoms with Crippen LogP contribution in [0.25, 0.3) is 0 Å². The first-order valence-electron chi connectivity index (χ1n) is 6.63. The Balaban J connectivity index is 1.95. The molecule has 0 fully saturated rings. The Morgan fingerprint density at radius 1 is 1.14 bits per heavy atom. The summed E-state index contributed by atoms with van der Waals surface area (Å²) in [4.78, 5) is 0. The van der Waals surface area contributed by atoms with E-state index in [1.165, 1.54) is 12.1 Å². The van der Waals surface area contributed by atoms with Crippen molar-refractivity contribution < 1.29 is 18.6 Å². The van der Waals surface area contributed by atoms with Crippen molar-refractivity contribution in [1.29, 1.82) is 0 Å². The number of halogens is 1. The molecule has 1 N–H and O–H groups in total. The van der Waals surface area contributed by atoms with Crippen LogP contribution in [0, 0.1) is 5.82 Å². The molecule has 0 aliphatic carbocycles. The Hall–Kier alpha value is -2.43. The van der Waals surface area contributed by atoms with Crippen molar-refractivity contribution in [3.05, 3.63) is 47.8 Å². The minimum Gasteiger partial charge on any atom is -0.497 e. The molecule has 21 heavy (non-hydrogen) atoms. The third kappa shape index (κ3) is 2.59. The molecule has 1 aliphatic heterocycles. The second kappa shape index (κ2) is 5.52. The molecule has 5 heteroatoms. The molecule has 2 aromatic rings. The van der Waals surface area contributed by atoms with E-state index in [0.717, 1.165) is 17.0 Å². The molecule has 0 spiro atoms. The van der Waals surface area contributed by atoms with Gasteiger partial charge in [-0.3, -0.25) is 0 Å². The van der Waals surface area contributed by atoms with Gasteiger partial charge in [-0.15, -0.1) is 0 Å². The lowest BCUT2D eigenvalue weighted by molar-refractivity contribution is 0.204. The fourth-order valence-corrected chi connectivity index (χ4v) is 2.40. The number of benzene rings is 2. The largest absolute Gasteiger partial charge is 0.497 e. The standard InChI is InChI=1S/C16H16FNO3/c1-19-11-4-6-14(20-2)12(8-11)16-9-18-13-5-3-10(17)7-15(13)21-16/h3-8,16,18H,9H2,1-2H3. The van der Waals surface area contributed by atoms with Gasteiger partial charge in [-0.2, -0.15) is 0 Å². The molecule has 0 radical (unpaired) electrons. The predicted molar refractivity (Wildman–Crippen MR) is 77.8 cm³/mol. The van der Waals surface area contributed by atoms with E-state index in [2.05, 4.69) is 5.32 Å². The van der Waals surface area contributed by atoms with Crippen molar-refractivity contribution in [1.82, 2.24) is 0 Å². The van der Waals surface area contributed by atoms with E-state index in [9.17, 15) is 4.39 Å². The first kappa shape index (κ1) is 13.5. The smallest absolute Gasteiger partial charge is 0.146 e. The molecule has 1 unspecified atom stereocenters. The van der Waals surface area contributed by atoms with Crippen LogP contribution in [-0.2, 0) is 0 Å². The van der Waals surface area contributed by atoms with Gasteiger partial charge in [-0.05, 0) is 30.3 Å². The van der Waals surface area contributed by atoms with Gasteiger partial charge in [0.05, 0.1) is 26.5 Å². The third-order valence-corrected chi connectivity index (χ3v) is 3.47. The number of ether oxygens (including phenoxy) is 3. The van der Waals surface area contributed by atoms with E-state index in [4.69, 9.17) is 14.2 Å². The molecule has 110 valence electrons.